The summed E-state index contributed by atoms with van der Waals surface area (Å²) in [6.45, 7) is 3.09. The van der Waals surface area contributed by atoms with E-state index in [1.54, 1.807) is 13.8 Å². The van der Waals surface area contributed by atoms with Gasteiger partial charge in [-0.25, -0.2) is 13.6 Å². The largest absolute Gasteiger partial charge is 0.352 e. The Bertz CT molecular complexity index is 1180. The summed E-state index contributed by atoms with van der Waals surface area (Å²) in [4.78, 5) is 37.6. The van der Waals surface area contributed by atoms with Gasteiger partial charge < -0.3 is 5.32 Å². The molecule has 0 saturated heterocycles. The van der Waals surface area contributed by atoms with Crippen LogP contribution in [-0.4, -0.2) is 20.3 Å². The summed E-state index contributed by atoms with van der Waals surface area (Å²) in [5, 5.41) is 6.20. The molecule has 144 valence electrons. The molecule has 2 aromatic carbocycles. The Morgan fingerprint density at radius 1 is 1.14 bits per heavy atom. The fourth-order valence-corrected chi connectivity index (χ4v) is 2.57. The number of nitrogens with one attached hydrogen (secondary N) is 1. The SMILES string of the molecule is CCn1c(=O)c(C(=O)Nc2cccc(F)c2)nn(-c2ccc(C)c(F)c2)c1=O. The predicted octanol–water partition coefficient (Wildman–Crippen LogP) is 2.25. The van der Waals surface area contributed by atoms with Gasteiger partial charge in [0, 0.05) is 18.3 Å². The maximum Gasteiger partial charge on any atom is 0.352 e. The minimum Gasteiger partial charge on any atom is -0.320 e. The van der Waals surface area contributed by atoms with Crippen LogP contribution in [0.15, 0.2) is 52.1 Å². The Balaban J connectivity index is 2.13. The Hall–Kier alpha value is -3.62. The summed E-state index contributed by atoms with van der Waals surface area (Å²) in [5.74, 6) is -2.05. The number of anilines is 1. The molecule has 3 rings (SSSR count). The fourth-order valence-electron chi connectivity index (χ4n) is 2.57. The molecule has 7 nitrogen and oxygen atoms in total. The summed E-state index contributed by atoms with van der Waals surface area (Å²) < 4.78 is 28.8. The molecule has 1 N–H and O–H groups in total. The predicted molar refractivity (Wildman–Crippen MR) is 98.8 cm³/mol. The average molecular weight is 386 g/mol. The minimum absolute atomic E-state index is 0.0191. The number of benzene rings is 2. The van der Waals surface area contributed by atoms with Crippen molar-refractivity contribution in [3.63, 3.8) is 0 Å². The normalized spacial score (nSPS) is 10.7. The molecule has 3 aromatic rings. The lowest BCUT2D eigenvalue weighted by molar-refractivity contribution is 0.101. The third-order valence-electron chi connectivity index (χ3n) is 4.07. The molecule has 1 amide bonds. The summed E-state index contributed by atoms with van der Waals surface area (Å²) in [5.41, 5.74) is -1.73. The van der Waals surface area contributed by atoms with E-state index in [-0.39, 0.29) is 17.9 Å². The molecule has 0 aliphatic rings. The second kappa shape index (κ2) is 7.55. The maximum absolute atomic E-state index is 13.9. The third-order valence-corrected chi connectivity index (χ3v) is 4.07. The van der Waals surface area contributed by atoms with E-state index in [9.17, 15) is 23.2 Å². The molecule has 0 aliphatic carbocycles. The van der Waals surface area contributed by atoms with Crippen LogP contribution in [0.4, 0.5) is 14.5 Å². The van der Waals surface area contributed by atoms with Gasteiger partial charge in [-0.05, 0) is 43.7 Å². The van der Waals surface area contributed by atoms with Crippen molar-refractivity contribution in [2.45, 2.75) is 20.4 Å². The molecule has 28 heavy (non-hydrogen) atoms. The van der Waals surface area contributed by atoms with Gasteiger partial charge in [0.25, 0.3) is 11.5 Å². The molecule has 9 heteroatoms. The number of hydrogen-bond donors (Lipinski definition) is 1. The number of aromatic nitrogens is 3. The lowest BCUT2D eigenvalue weighted by atomic mass is 10.2. The second-order valence-corrected chi connectivity index (χ2v) is 5.99. The van der Waals surface area contributed by atoms with Gasteiger partial charge in [0.15, 0.2) is 0 Å². The van der Waals surface area contributed by atoms with Crippen LogP contribution in [0.25, 0.3) is 5.69 Å². The molecule has 0 fully saturated rings. The van der Waals surface area contributed by atoms with Crippen molar-refractivity contribution in [1.82, 2.24) is 14.3 Å². The van der Waals surface area contributed by atoms with E-state index >= 15 is 0 Å². The Morgan fingerprint density at radius 2 is 1.89 bits per heavy atom. The zero-order valence-corrected chi connectivity index (χ0v) is 15.1. The van der Waals surface area contributed by atoms with Crippen LogP contribution in [0, 0.1) is 18.6 Å². The number of carbonyl (C=O) groups is 1. The average Bonchev–Trinajstić information content (AvgIpc) is 2.64. The van der Waals surface area contributed by atoms with Gasteiger partial charge in [0.2, 0.25) is 5.69 Å². The molecule has 0 unspecified atom stereocenters. The molecule has 0 radical (unpaired) electrons. The quantitative estimate of drug-likeness (QED) is 0.745. The monoisotopic (exact) mass is 386 g/mol. The smallest absolute Gasteiger partial charge is 0.320 e. The van der Waals surface area contributed by atoms with Crippen LogP contribution in [0.3, 0.4) is 0 Å². The van der Waals surface area contributed by atoms with Crippen molar-refractivity contribution >= 4 is 11.6 Å². The highest BCUT2D eigenvalue weighted by molar-refractivity contribution is 6.02. The summed E-state index contributed by atoms with van der Waals surface area (Å²) in [7, 11) is 0. The van der Waals surface area contributed by atoms with E-state index in [0.29, 0.717) is 5.56 Å². The Kier molecular flexibility index (Phi) is 5.16. The first kappa shape index (κ1) is 19.2. The number of amides is 1. The van der Waals surface area contributed by atoms with E-state index in [0.717, 1.165) is 21.4 Å². The first-order valence-corrected chi connectivity index (χ1v) is 8.39. The lowest BCUT2D eigenvalue weighted by Crippen LogP contribution is -2.44. The number of nitrogens with zero attached hydrogens (tertiary/aromatic N) is 3. The van der Waals surface area contributed by atoms with Crippen molar-refractivity contribution in [3.8, 4) is 5.69 Å². The molecule has 1 aromatic heterocycles. The zero-order valence-electron chi connectivity index (χ0n) is 15.1. The van der Waals surface area contributed by atoms with Crippen LogP contribution in [-0.2, 0) is 6.54 Å². The van der Waals surface area contributed by atoms with Crippen LogP contribution < -0.4 is 16.6 Å². The first-order chi connectivity index (χ1) is 13.3. The van der Waals surface area contributed by atoms with Crippen LogP contribution in [0.5, 0.6) is 0 Å². The number of rotatable bonds is 4. The Morgan fingerprint density at radius 3 is 2.54 bits per heavy atom. The van der Waals surface area contributed by atoms with Crippen LogP contribution >= 0.6 is 0 Å². The minimum atomic E-state index is -0.917. The zero-order chi connectivity index (χ0) is 20.4. The summed E-state index contributed by atoms with van der Waals surface area (Å²) in [6.07, 6.45) is 0. The third kappa shape index (κ3) is 3.59. The van der Waals surface area contributed by atoms with Gasteiger partial charge in [0.1, 0.15) is 11.6 Å². The molecule has 0 bridgehead atoms. The van der Waals surface area contributed by atoms with Gasteiger partial charge >= 0.3 is 5.69 Å². The fraction of sp³-hybridized carbons (Fsp3) is 0.158. The molecule has 0 spiro atoms. The standard InChI is InChI=1S/C19H16F2N4O3/c1-3-24-18(27)16(17(26)22-13-6-4-5-12(20)9-13)23-25(19(24)28)14-8-7-11(2)15(21)10-14/h4-10H,3H2,1-2H3,(H,22,26). The molecule has 1 heterocycles. The van der Waals surface area contributed by atoms with Gasteiger partial charge in [-0.2, -0.15) is 9.78 Å². The lowest BCUT2D eigenvalue weighted by Gasteiger charge is -2.11. The van der Waals surface area contributed by atoms with E-state index in [1.807, 2.05) is 0 Å². The van der Waals surface area contributed by atoms with Gasteiger partial charge in [-0.15, -0.1) is 0 Å². The van der Waals surface area contributed by atoms with E-state index in [2.05, 4.69) is 10.4 Å². The number of halogens is 2. The highest BCUT2D eigenvalue weighted by atomic mass is 19.1. The van der Waals surface area contributed by atoms with Crippen LogP contribution in [0.2, 0.25) is 0 Å². The molecular weight excluding hydrogens is 370 g/mol. The van der Waals surface area contributed by atoms with Crippen molar-refractivity contribution in [2.24, 2.45) is 0 Å². The first-order valence-electron chi connectivity index (χ1n) is 8.39. The van der Waals surface area contributed by atoms with Gasteiger partial charge in [-0.3, -0.25) is 14.2 Å². The van der Waals surface area contributed by atoms with Crippen LogP contribution in [0.1, 0.15) is 23.0 Å². The topological polar surface area (TPSA) is 86.0 Å². The maximum atomic E-state index is 13.9. The molecule has 0 atom stereocenters. The van der Waals surface area contributed by atoms with E-state index in [1.165, 1.54) is 30.3 Å². The highest BCUT2D eigenvalue weighted by Gasteiger charge is 2.20. The van der Waals surface area contributed by atoms with Crippen molar-refractivity contribution < 1.29 is 13.6 Å². The van der Waals surface area contributed by atoms with E-state index in [4.69, 9.17) is 0 Å². The van der Waals surface area contributed by atoms with Gasteiger partial charge in [0.05, 0.1) is 5.69 Å². The van der Waals surface area contributed by atoms with Crippen molar-refractivity contribution in [2.75, 3.05) is 5.32 Å². The molecular formula is C19H16F2N4O3. The number of hydrogen-bond acceptors (Lipinski definition) is 4. The van der Waals surface area contributed by atoms with Gasteiger partial charge in [-0.1, -0.05) is 12.1 Å². The Labute approximate surface area is 157 Å². The molecule has 0 saturated carbocycles. The highest BCUT2D eigenvalue weighted by Crippen LogP contribution is 2.12. The summed E-state index contributed by atoms with van der Waals surface area (Å²) in [6, 6.07) is 9.08. The van der Waals surface area contributed by atoms with E-state index < -0.39 is 34.5 Å². The molecule has 0 aliphatic heterocycles. The summed E-state index contributed by atoms with van der Waals surface area (Å²) >= 11 is 0. The van der Waals surface area contributed by atoms with Crippen molar-refractivity contribution in [3.05, 3.63) is 86.2 Å². The number of aryl methyl sites for hydroxylation is 1. The second-order valence-electron chi connectivity index (χ2n) is 5.99. The number of carbonyl (C=O) groups excluding carboxylic acids is 1. The van der Waals surface area contributed by atoms with Crippen molar-refractivity contribution in [1.29, 1.82) is 0 Å².